The van der Waals surface area contributed by atoms with Gasteiger partial charge in [-0.1, -0.05) is 0 Å². The number of aromatic nitrogens is 2. The van der Waals surface area contributed by atoms with Crippen LogP contribution in [0, 0.1) is 11.3 Å². The van der Waals surface area contributed by atoms with Gasteiger partial charge < -0.3 is 14.4 Å². The highest BCUT2D eigenvalue weighted by atomic mass is 79.9. The molecule has 160 valence electrons. The maximum atomic E-state index is 12.6. The van der Waals surface area contributed by atoms with Crippen molar-refractivity contribution in [2.24, 2.45) is 0 Å². The lowest BCUT2D eigenvalue weighted by atomic mass is 10.2. The molecule has 1 aliphatic heterocycles. The second kappa shape index (κ2) is 8.22. The highest BCUT2D eigenvalue weighted by molar-refractivity contribution is 9.10. The number of anilines is 1. The molecule has 0 spiro atoms. The zero-order valence-corrected chi connectivity index (χ0v) is 19.5. The fraction of sp³-hybridized carbons (Fsp3) is 0.684. The molecule has 0 N–H and O–H groups in total. The van der Waals surface area contributed by atoms with Crippen molar-refractivity contribution >= 4 is 33.9 Å². The van der Waals surface area contributed by atoms with Crippen LogP contribution < -0.4 is 4.90 Å². The number of amides is 2. The van der Waals surface area contributed by atoms with E-state index in [4.69, 9.17) is 9.47 Å². The Morgan fingerprint density at radius 3 is 2.31 bits per heavy atom. The Balaban J connectivity index is 2.30. The van der Waals surface area contributed by atoms with E-state index in [-0.39, 0.29) is 11.6 Å². The van der Waals surface area contributed by atoms with Gasteiger partial charge in [-0.2, -0.15) is 10.4 Å². The molecule has 2 amide bonds. The van der Waals surface area contributed by atoms with Crippen LogP contribution in [0.4, 0.5) is 15.4 Å². The lowest BCUT2D eigenvalue weighted by molar-refractivity contribution is 0.0287. The monoisotopic (exact) mass is 469 g/mol. The number of carbonyl (C=O) groups excluding carboxylic acids is 2. The SMILES string of the molecule is CN(C(=O)OC(C)(C)C)c1c(C#N)c(Br)nn1[C@H]1CCN(C(=O)OC(C)(C)C)C1. The van der Waals surface area contributed by atoms with E-state index in [1.807, 2.05) is 20.8 Å². The third-order valence-corrected chi connectivity index (χ3v) is 4.66. The van der Waals surface area contributed by atoms with E-state index in [2.05, 4.69) is 27.1 Å². The van der Waals surface area contributed by atoms with Gasteiger partial charge in [-0.3, -0.25) is 4.90 Å². The fourth-order valence-corrected chi connectivity index (χ4v) is 3.36. The van der Waals surface area contributed by atoms with Gasteiger partial charge >= 0.3 is 12.2 Å². The molecule has 0 aliphatic carbocycles. The number of carbonyl (C=O) groups is 2. The van der Waals surface area contributed by atoms with E-state index in [9.17, 15) is 14.9 Å². The van der Waals surface area contributed by atoms with Crippen LogP contribution in [-0.2, 0) is 9.47 Å². The zero-order valence-electron chi connectivity index (χ0n) is 17.9. The minimum Gasteiger partial charge on any atom is -0.444 e. The summed E-state index contributed by atoms with van der Waals surface area (Å²) in [5.74, 6) is 0.324. The predicted octanol–water partition coefficient (Wildman–Crippen LogP) is 4.07. The molecule has 2 heterocycles. The van der Waals surface area contributed by atoms with Crippen LogP contribution in [0.1, 0.15) is 59.6 Å². The maximum absolute atomic E-state index is 12.6. The van der Waals surface area contributed by atoms with Gasteiger partial charge in [0.15, 0.2) is 5.82 Å². The van der Waals surface area contributed by atoms with Crippen molar-refractivity contribution in [2.45, 2.75) is 65.2 Å². The average molecular weight is 470 g/mol. The van der Waals surface area contributed by atoms with Crippen molar-refractivity contribution in [3.05, 3.63) is 10.2 Å². The Hall–Kier alpha value is -2.28. The van der Waals surface area contributed by atoms with Crippen molar-refractivity contribution in [3.63, 3.8) is 0 Å². The van der Waals surface area contributed by atoms with Gasteiger partial charge in [0.05, 0.1) is 6.04 Å². The molecule has 1 aromatic heterocycles. The van der Waals surface area contributed by atoms with E-state index < -0.39 is 23.4 Å². The molecule has 2 rings (SSSR count). The molecule has 1 saturated heterocycles. The summed E-state index contributed by atoms with van der Waals surface area (Å²) in [6, 6.07) is 1.88. The predicted molar refractivity (Wildman–Crippen MR) is 111 cm³/mol. The van der Waals surface area contributed by atoms with Crippen molar-refractivity contribution < 1.29 is 19.1 Å². The fourth-order valence-electron chi connectivity index (χ4n) is 2.92. The van der Waals surface area contributed by atoms with Crippen LogP contribution in [0.2, 0.25) is 0 Å². The first kappa shape index (κ1) is 23.0. The summed E-state index contributed by atoms with van der Waals surface area (Å²) in [5.41, 5.74) is -1.03. The van der Waals surface area contributed by atoms with Crippen LogP contribution >= 0.6 is 15.9 Å². The summed E-state index contributed by atoms with van der Waals surface area (Å²) in [6.07, 6.45) is -0.369. The minimum absolute atomic E-state index is 0.208. The Labute approximate surface area is 179 Å². The van der Waals surface area contributed by atoms with Crippen LogP contribution in [0.15, 0.2) is 4.60 Å². The number of ether oxygens (including phenoxy) is 2. The number of halogens is 1. The summed E-state index contributed by atoms with van der Waals surface area (Å²) in [4.78, 5) is 27.8. The van der Waals surface area contributed by atoms with Gasteiger partial charge in [0.1, 0.15) is 27.4 Å². The largest absolute Gasteiger partial charge is 0.444 e. The van der Waals surface area contributed by atoms with Crippen LogP contribution in [-0.4, -0.2) is 58.2 Å². The highest BCUT2D eigenvalue weighted by Gasteiger charge is 2.35. The number of hydrogen-bond donors (Lipinski definition) is 0. The van der Waals surface area contributed by atoms with Gasteiger partial charge in [-0.05, 0) is 63.9 Å². The summed E-state index contributed by atoms with van der Waals surface area (Å²) in [6.45, 7) is 11.6. The number of nitriles is 1. The molecule has 0 aromatic carbocycles. The topological polar surface area (TPSA) is 101 Å². The van der Waals surface area contributed by atoms with Gasteiger partial charge in [0, 0.05) is 20.1 Å². The molecule has 0 saturated carbocycles. The summed E-state index contributed by atoms with van der Waals surface area (Å²) in [5, 5.41) is 14.0. The van der Waals surface area contributed by atoms with Crippen LogP contribution in [0.3, 0.4) is 0 Å². The third kappa shape index (κ3) is 5.63. The number of rotatable bonds is 2. The highest BCUT2D eigenvalue weighted by Crippen LogP contribution is 2.34. The van der Waals surface area contributed by atoms with Gasteiger partial charge in [0.2, 0.25) is 0 Å². The summed E-state index contributed by atoms with van der Waals surface area (Å²) < 4.78 is 12.8. The quantitative estimate of drug-likeness (QED) is 0.646. The van der Waals surface area contributed by atoms with Crippen LogP contribution in [0.25, 0.3) is 0 Å². The molecule has 9 nitrogen and oxygen atoms in total. The van der Waals surface area contributed by atoms with E-state index >= 15 is 0 Å². The first-order chi connectivity index (χ1) is 13.2. The number of likely N-dealkylation sites (tertiary alicyclic amines) is 1. The van der Waals surface area contributed by atoms with Gasteiger partial charge in [-0.25, -0.2) is 14.3 Å². The average Bonchev–Trinajstić information content (AvgIpc) is 3.15. The number of nitrogens with zero attached hydrogens (tertiary/aromatic N) is 5. The molecule has 1 fully saturated rings. The molecule has 0 radical (unpaired) electrons. The lowest BCUT2D eigenvalue weighted by Crippen LogP contribution is -2.37. The molecular weight excluding hydrogens is 442 g/mol. The molecule has 0 bridgehead atoms. The molecule has 0 unspecified atom stereocenters. The van der Waals surface area contributed by atoms with Gasteiger partial charge in [-0.15, -0.1) is 0 Å². The second-order valence-corrected chi connectivity index (χ2v) is 9.71. The van der Waals surface area contributed by atoms with E-state index in [1.54, 1.807) is 30.4 Å². The summed E-state index contributed by atoms with van der Waals surface area (Å²) >= 11 is 3.30. The standard InChI is InChI=1S/C19H28BrN5O4/c1-18(2,3)28-16(26)23(7)15-13(10-21)14(20)22-25(15)12-8-9-24(11-12)17(27)29-19(4,5)6/h12H,8-9,11H2,1-7H3/t12-/m0/s1. The third-order valence-electron chi connectivity index (χ3n) is 4.10. The first-order valence-electron chi connectivity index (χ1n) is 9.36. The Morgan fingerprint density at radius 1 is 1.21 bits per heavy atom. The molecular formula is C19H28BrN5O4. The van der Waals surface area contributed by atoms with E-state index in [0.29, 0.717) is 29.9 Å². The first-order valence-corrected chi connectivity index (χ1v) is 10.2. The summed E-state index contributed by atoms with van der Waals surface area (Å²) in [7, 11) is 1.54. The molecule has 29 heavy (non-hydrogen) atoms. The van der Waals surface area contributed by atoms with Crippen molar-refractivity contribution in [1.29, 1.82) is 5.26 Å². The Kier molecular flexibility index (Phi) is 6.52. The number of hydrogen-bond acceptors (Lipinski definition) is 6. The van der Waals surface area contributed by atoms with Crippen molar-refractivity contribution in [2.75, 3.05) is 25.0 Å². The zero-order chi connectivity index (χ0) is 22.1. The lowest BCUT2D eigenvalue weighted by Gasteiger charge is -2.26. The smallest absolute Gasteiger partial charge is 0.415 e. The molecule has 1 aliphatic rings. The van der Waals surface area contributed by atoms with E-state index in [1.165, 1.54) is 11.9 Å². The molecule has 1 aromatic rings. The molecule has 10 heteroatoms. The van der Waals surface area contributed by atoms with Crippen LogP contribution in [0.5, 0.6) is 0 Å². The molecule has 1 atom stereocenters. The second-order valence-electron chi connectivity index (χ2n) is 8.95. The van der Waals surface area contributed by atoms with E-state index in [0.717, 1.165) is 0 Å². The van der Waals surface area contributed by atoms with Crippen molar-refractivity contribution in [3.8, 4) is 6.07 Å². The van der Waals surface area contributed by atoms with Crippen molar-refractivity contribution in [1.82, 2.24) is 14.7 Å². The Morgan fingerprint density at radius 2 is 1.79 bits per heavy atom. The maximum Gasteiger partial charge on any atom is 0.415 e. The normalized spacial score (nSPS) is 17.1. The Bertz CT molecular complexity index is 831. The van der Waals surface area contributed by atoms with Gasteiger partial charge in [0.25, 0.3) is 0 Å². The minimum atomic E-state index is -0.679.